The molecule has 1 N–H and O–H groups in total. The average molecular weight is 233 g/mol. The fourth-order valence-electron chi connectivity index (χ4n) is 2.22. The number of carbonyl (C=O) groups is 1. The van der Waals surface area contributed by atoms with Gasteiger partial charge in [0, 0.05) is 24.8 Å². The molecule has 1 unspecified atom stereocenters. The van der Waals surface area contributed by atoms with Crippen molar-refractivity contribution in [2.75, 3.05) is 20.1 Å². The molecule has 1 aliphatic rings. The van der Waals surface area contributed by atoms with Gasteiger partial charge in [0.25, 0.3) is 5.91 Å². The molecular formula is C13H19N3O. The molecule has 1 aromatic heterocycles. The third-order valence-electron chi connectivity index (χ3n) is 3.22. The van der Waals surface area contributed by atoms with Gasteiger partial charge in [-0.25, -0.2) is 4.98 Å². The van der Waals surface area contributed by atoms with Crippen molar-refractivity contribution in [3.05, 3.63) is 29.6 Å². The SMILES string of the molecule is CNC1CCCN(C(=O)c2cccc(C)n2)C1. The molecule has 1 saturated heterocycles. The lowest BCUT2D eigenvalue weighted by molar-refractivity contribution is 0.0692. The summed E-state index contributed by atoms with van der Waals surface area (Å²) in [6.07, 6.45) is 2.20. The molecule has 1 amide bonds. The van der Waals surface area contributed by atoms with Crippen LogP contribution in [0.2, 0.25) is 0 Å². The minimum absolute atomic E-state index is 0.0497. The molecule has 0 saturated carbocycles. The topological polar surface area (TPSA) is 45.2 Å². The van der Waals surface area contributed by atoms with Crippen molar-refractivity contribution in [2.24, 2.45) is 0 Å². The number of aryl methyl sites for hydroxylation is 1. The zero-order valence-electron chi connectivity index (χ0n) is 10.4. The van der Waals surface area contributed by atoms with E-state index in [0.717, 1.165) is 31.6 Å². The van der Waals surface area contributed by atoms with Gasteiger partial charge in [-0.2, -0.15) is 0 Å². The number of piperidine rings is 1. The van der Waals surface area contributed by atoms with Gasteiger partial charge in [0.1, 0.15) is 5.69 Å². The summed E-state index contributed by atoms with van der Waals surface area (Å²) in [5.41, 5.74) is 1.44. The van der Waals surface area contributed by atoms with Gasteiger partial charge in [-0.3, -0.25) is 4.79 Å². The molecule has 1 aromatic rings. The molecule has 1 fully saturated rings. The Bertz CT molecular complexity index is 405. The summed E-state index contributed by atoms with van der Waals surface area (Å²) in [6, 6.07) is 5.99. The van der Waals surface area contributed by atoms with E-state index in [1.54, 1.807) is 6.07 Å². The highest BCUT2D eigenvalue weighted by molar-refractivity contribution is 5.92. The molecule has 0 spiro atoms. The summed E-state index contributed by atoms with van der Waals surface area (Å²) in [5, 5.41) is 3.24. The Morgan fingerprint density at radius 2 is 2.35 bits per heavy atom. The molecule has 0 radical (unpaired) electrons. The predicted octanol–water partition coefficient (Wildman–Crippen LogP) is 1.21. The Morgan fingerprint density at radius 1 is 1.53 bits per heavy atom. The van der Waals surface area contributed by atoms with Gasteiger partial charge >= 0.3 is 0 Å². The lowest BCUT2D eigenvalue weighted by Gasteiger charge is -2.32. The van der Waals surface area contributed by atoms with Crippen LogP contribution in [0.1, 0.15) is 29.0 Å². The first-order valence-electron chi connectivity index (χ1n) is 6.11. The average Bonchev–Trinajstić information content (AvgIpc) is 2.38. The Balaban J connectivity index is 2.09. The first-order valence-corrected chi connectivity index (χ1v) is 6.11. The summed E-state index contributed by atoms with van der Waals surface area (Å²) in [4.78, 5) is 18.4. The maximum atomic E-state index is 12.2. The van der Waals surface area contributed by atoms with Crippen molar-refractivity contribution < 1.29 is 4.79 Å². The van der Waals surface area contributed by atoms with Crippen LogP contribution in [0.5, 0.6) is 0 Å². The predicted molar refractivity (Wildman–Crippen MR) is 67.0 cm³/mol. The number of aromatic nitrogens is 1. The highest BCUT2D eigenvalue weighted by Gasteiger charge is 2.24. The minimum Gasteiger partial charge on any atom is -0.336 e. The number of nitrogens with zero attached hydrogens (tertiary/aromatic N) is 2. The van der Waals surface area contributed by atoms with Crippen molar-refractivity contribution in [1.82, 2.24) is 15.2 Å². The number of pyridine rings is 1. The molecular weight excluding hydrogens is 214 g/mol. The highest BCUT2D eigenvalue weighted by Crippen LogP contribution is 2.12. The van der Waals surface area contributed by atoms with Gasteiger partial charge < -0.3 is 10.2 Å². The summed E-state index contributed by atoms with van der Waals surface area (Å²) >= 11 is 0. The van der Waals surface area contributed by atoms with Crippen LogP contribution in [0.3, 0.4) is 0 Å². The van der Waals surface area contributed by atoms with Crippen LogP contribution in [0.15, 0.2) is 18.2 Å². The van der Waals surface area contributed by atoms with Gasteiger partial charge in [-0.15, -0.1) is 0 Å². The molecule has 0 aromatic carbocycles. The largest absolute Gasteiger partial charge is 0.336 e. The van der Waals surface area contributed by atoms with Crippen molar-refractivity contribution in [3.63, 3.8) is 0 Å². The zero-order chi connectivity index (χ0) is 12.3. The van der Waals surface area contributed by atoms with E-state index in [2.05, 4.69) is 10.3 Å². The number of likely N-dealkylation sites (tertiary alicyclic amines) is 1. The van der Waals surface area contributed by atoms with Crippen molar-refractivity contribution in [3.8, 4) is 0 Å². The van der Waals surface area contributed by atoms with Crippen LogP contribution in [0.4, 0.5) is 0 Å². The maximum absolute atomic E-state index is 12.2. The van der Waals surface area contributed by atoms with Gasteiger partial charge in [0.15, 0.2) is 0 Å². The van der Waals surface area contributed by atoms with Gasteiger partial charge in [0.05, 0.1) is 0 Å². The fourth-order valence-corrected chi connectivity index (χ4v) is 2.22. The van der Waals surface area contributed by atoms with Crippen LogP contribution in [0, 0.1) is 6.92 Å². The second-order valence-electron chi connectivity index (χ2n) is 4.54. The van der Waals surface area contributed by atoms with E-state index in [4.69, 9.17) is 0 Å². The third-order valence-corrected chi connectivity index (χ3v) is 3.22. The number of amides is 1. The first-order chi connectivity index (χ1) is 8.20. The second kappa shape index (κ2) is 5.27. The summed E-state index contributed by atoms with van der Waals surface area (Å²) in [5.74, 6) is 0.0497. The van der Waals surface area contributed by atoms with Gasteiger partial charge in [-0.1, -0.05) is 6.07 Å². The van der Waals surface area contributed by atoms with E-state index in [1.165, 1.54) is 0 Å². The van der Waals surface area contributed by atoms with E-state index >= 15 is 0 Å². The lowest BCUT2D eigenvalue weighted by atomic mass is 10.1. The normalized spacial score (nSPS) is 20.4. The third kappa shape index (κ3) is 2.82. The van der Waals surface area contributed by atoms with Crippen molar-refractivity contribution >= 4 is 5.91 Å². The summed E-state index contributed by atoms with van der Waals surface area (Å²) < 4.78 is 0. The first kappa shape index (κ1) is 12.0. The van der Waals surface area contributed by atoms with Crippen LogP contribution >= 0.6 is 0 Å². The Morgan fingerprint density at radius 3 is 3.06 bits per heavy atom. The van der Waals surface area contributed by atoms with E-state index < -0.39 is 0 Å². The summed E-state index contributed by atoms with van der Waals surface area (Å²) in [7, 11) is 1.95. The fraction of sp³-hybridized carbons (Fsp3) is 0.538. The van der Waals surface area contributed by atoms with E-state index in [1.807, 2.05) is 31.0 Å². The van der Waals surface area contributed by atoms with Crippen LogP contribution in [-0.2, 0) is 0 Å². The second-order valence-corrected chi connectivity index (χ2v) is 4.54. The number of hydrogen-bond acceptors (Lipinski definition) is 3. The van der Waals surface area contributed by atoms with Crippen LogP contribution in [0.25, 0.3) is 0 Å². The lowest BCUT2D eigenvalue weighted by Crippen LogP contribution is -2.47. The van der Waals surface area contributed by atoms with Crippen LogP contribution < -0.4 is 5.32 Å². The highest BCUT2D eigenvalue weighted by atomic mass is 16.2. The monoisotopic (exact) mass is 233 g/mol. The van der Waals surface area contributed by atoms with Crippen molar-refractivity contribution in [2.45, 2.75) is 25.8 Å². The number of likely N-dealkylation sites (N-methyl/N-ethyl adjacent to an activating group) is 1. The molecule has 0 bridgehead atoms. The summed E-state index contributed by atoms with van der Waals surface area (Å²) in [6.45, 7) is 3.53. The molecule has 4 heteroatoms. The standard InChI is InChI=1S/C13H19N3O/c1-10-5-3-7-12(15-10)13(17)16-8-4-6-11(9-16)14-2/h3,5,7,11,14H,4,6,8-9H2,1-2H3. The quantitative estimate of drug-likeness (QED) is 0.835. The molecule has 1 aliphatic heterocycles. The molecule has 4 nitrogen and oxygen atoms in total. The molecule has 1 atom stereocenters. The molecule has 2 heterocycles. The number of carbonyl (C=O) groups excluding carboxylic acids is 1. The molecule has 0 aliphatic carbocycles. The number of nitrogens with one attached hydrogen (secondary N) is 1. The molecule has 92 valence electrons. The van der Waals surface area contributed by atoms with E-state index in [0.29, 0.717) is 11.7 Å². The Kier molecular flexibility index (Phi) is 3.74. The van der Waals surface area contributed by atoms with Crippen LogP contribution in [-0.4, -0.2) is 42.0 Å². The minimum atomic E-state index is 0.0497. The Hall–Kier alpha value is -1.42. The number of hydrogen-bond donors (Lipinski definition) is 1. The van der Waals surface area contributed by atoms with Crippen molar-refractivity contribution in [1.29, 1.82) is 0 Å². The van der Waals surface area contributed by atoms with E-state index in [-0.39, 0.29) is 5.91 Å². The van der Waals surface area contributed by atoms with Gasteiger partial charge in [0.2, 0.25) is 0 Å². The zero-order valence-corrected chi connectivity index (χ0v) is 10.4. The molecule has 2 rings (SSSR count). The smallest absolute Gasteiger partial charge is 0.272 e. The van der Waals surface area contributed by atoms with Gasteiger partial charge in [-0.05, 0) is 38.9 Å². The van der Waals surface area contributed by atoms with E-state index in [9.17, 15) is 4.79 Å². The molecule has 17 heavy (non-hydrogen) atoms. The number of rotatable bonds is 2. The maximum Gasteiger partial charge on any atom is 0.272 e. The Labute approximate surface area is 102 Å².